The Morgan fingerprint density at radius 3 is 2.39 bits per heavy atom. The zero-order valence-electron chi connectivity index (χ0n) is 11.2. The smallest absolute Gasteiger partial charge is 0.123 e. The lowest BCUT2D eigenvalue weighted by atomic mass is 9.86. The summed E-state index contributed by atoms with van der Waals surface area (Å²) in [5.74, 6) is -0.189. The summed E-state index contributed by atoms with van der Waals surface area (Å²) in [6, 6.07) is 6.90. The van der Waals surface area contributed by atoms with Gasteiger partial charge in [0.1, 0.15) is 5.82 Å². The molecule has 1 aliphatic rings. The molecule has 18 heavy (non-hydrogen) atoms. The SMILES string of the molecule is CCOC1(C(NC)c2ccc(F)cc2)CCCC1. The summed E-state index contributed by atoms with van der Waals surface area (Å²) in [5, 5.41) is 3.36. The molecule has 0 heterocycles. The Morgan fingerprint density at radius 1 is 1.28 bits per heavy atom. The molecule has 1 aliphatic carbocycles. The summed E-state index contributed by atoms with van der Waals surface area (Å²) < 4.78 is 19.1. The van der Waals surface area contributed by atoms with Crippen molar-refractivity contribution in [1.82, 2.24) is 5.32 Å². The monoisotopic (exact) mass is 251 g/mol. The van der Waals surface area contributed by atoms with Crippen molar-refractivity contribution in [2.45, 2.75) is 44.2 Å². The van der Waals surface area contributed by atoms with Gasteiger partial charge in [0.25, 0.3) is 0 Å². The van der Waals surface area contributed by atoms with Crippen molar-refractivity contribution in [1.29, 1.82) is 0 Å². The first-order valence-corrected chi connectivity index (χ1v) is 6.78. The van der Waals surface area contributed by atoms with Gasteiger partial charge in [0.15, 0.2) is 0 Å². The molecule has 1 unspecified atom stereocenters. The van der Waals surface area contributed by atoms with Crippen LogP contribution in [0.1, 0.15) is 44.2 Å². The van der Waals surface area contributed by atoms with Gasteiger partial charge in [0, 0.05) is 6.61 Å². The van der Waals surface area contributed by atoms with Crippen LogP contribution in [0.4, 0.5) is 4.39 Å². The zero-order valence-corrected chi connectivity index (χ0v) is 11.2. The van der Waals surface area contributed by atoms with E-state index in [2.05, 4.69) is 5.32 Å². The van der Waals surface area contributed by atoms with Gasteiger partial charge in [-0.25, -0.2) is 4.39 Å². The molecule has 2 rings (SSSR count). The first-order valence-electron chi connectivity index (χ1n) is 6.78. The van der Waals surface area contributed by atoms with Crippen molar-refractivity contribution in [3.8, 4) is 0 Å². The van der Waals surface area contributed by atoms with Crippen LogP contribution < -0.4 is 5.32 Å². The minimum Gasteiger partial charge on any atom is -0.373 e. The highest BCUT2D eigenvalue weighted by molar-refractivity contribution is 5.23. The first-order chi connectivity index (χ1) is 8.72. The van der Waals surface area contributed by atoms with Gasteiger partial charge in [0.2, 0.25) is 0 Å². The second-order valence-electron chi connectivity index (χ2n) is 4.98. The summed E-state index contributed by atoms with van der Waals surface area (Å²) in [5.41, 5.74) is 0.982. The molecular formula is C15H22FNO. The van der Waals surface area contributed by atoms with Crippen LogP contribution in [0.2, 0.25) is 0 Å². The fourth-order valence-corrected chi connectivity index (χ4v) is 3.17. The minimum atomic E-state index is -0.189. The van der Waals surface area contributed by atoms with Crippen molar-refractivity contribution in [3.05, 3.63) is 35.6 Å². The standard InChI is InChI=1S/C15H22FNO/c1-3-18-15(10-4-5-11-15)14(17-2)12-6-8-13(16)9-7-12/h6-9,14,17H,3-5,10-11H2,1-2H3. The summed E-state index contributed by atoms with van der Waals surface area (Å²) in [6.45, 7) is 2.76. The van der Waals surface area contributed by atoms with E-state index in [4.69, 9.17) is 4.74 Å². The summed E-state index contributed by atoms with van der Waals surface area (Å²) >= 11 is 0. The molecular weight excluding hydrogens is 229 g/mol. The van der Waals surface area contributed by atoms with Crippen molar-refractivity contribution < 1.29 is 9.13 Å². The van der Waals surface area contributed by atoms with Gasteiger partial charge < -0.3 is 10.1 Å². The number of nitrogens with one attached hydrogen (secondary N) is 1. The maximum atomic E-state index is 13.0. The predicted molar refractivity (Wildman–Crippen MR) is 71.0 cm³/mol. The first kappa shape index (κ1) is 13.5. The van der Waals surface area contributed by atoms with Crippen LogP contribution in [0.3, 0.4) is 0 Å². The van der Waals surface area contributed by atoms with Crippen molar-refractivity contribution >= 4 is 0 Å². The van der Waals surface area contributed by atoms with E-state index in [9.17, 15) is 4.39 Å². The van der Waals surface area contributed by atoms with E-state index in [1.807, 2.05) is 26.1 Å². The maximum Gasteiger partial charge on any atom is 0.123 e. The normalized spacial score (nSPS) is 19.9. The molecule has 1 aromatic carbocycles. The molecule has 1 aromatic rings. The highest BCUT2D eigenvalue weighted by Gasteiger charge is 2.42. The maximum absolute atomic E-state index is 13.0. The van der Waals surface area contributed by atoms with E-state index < -0.39 is 0 Å². The number of halogens is 1. The average Bonchev–Trinajstić information content (AvgIpc) is 2.82. The number of ether oxygens (including phenoxy) is 1. The van der Waals surface area contributed by atoms with Gasteiger partial charge in [-0.05, 0) is 44.5 Å². The molecule has 100 valence electrons. The number of likely N-dealkylation sites (N-methyl/N-ethyl adjacent to an activating group) is 1. The number of hydrogen-bond donors (Lipinski definition) is 1. The van der Waals surface area contributed by atoms with E-state index >= 15 is 0 Å². The van der Waals surface area contributed by atoms with E-state index in [0.717, 1.165) is 25.0 Å². The van der Waals surface area contributed by atoms with Gasteiger partial charge in [-0.15, -0.1) is 0 Å². The lowest BCUT2D eigenvalue weighted by molar-refractivity contribution is -0.0610. The highest BCUT2D eigenvalue weighted by Crippen LogP contribution is 2.42. The number of hydrogen-bond acceptors (Lipinski definition) is 2. The van der Waals surface area contributed by atoms with E-state index in [1.165, 1.54) is 25.0 Å². The Hall–Kier alpha value is -0.930. The summed E-state index contributed by atoms with van der Waals surface area (Å²) in [4.78, 5) is 0. The Morgan fingerprint density at radius 2 is 1.89 bits per heavy atom. The molecule has 2 nitrogen and oxygen atoms in total. The fraction of sp³-hybridized carbons (Fsp3) is 0.600. The van der Waals surface area contributed by atoms with E-state index in [1.54, 1.807) is 0 Å². The molecule has 0 aromatic heterocycles. The van der Waals surface area contributed by atoms with Gasteiger partial charge in [-0.2, -0.15) is 0 Å². The van der Waals surface area contributed by atoms with Gasteiger partial charge in [-0.3, -0.25) is 0 Å². The molecule has 0 radical (unpaired) electrons. The van der Waals surface area contributed by atoms with Crippen LogP contribution in [0.25, 0.3) is 0 Å². The van der Waals surface area contributed by atoms with Gasteiger partial charge >= 0.3 is 0 Å². The third-order valence-corrected chi connectivity index (χ3v) is 3.90. The van der Waals surface area contributed by atoms with Gasteiger partial charge in [0.05, 0.1) is 11.6 Å². The molecule has 0 spiro atoms. The second kappa shape index (κ2) is 5.81. The van der Waals surface area contributed by atoms with E-state index in [0.29, 0.717) is 0 Å². The molecule has 0 aliphatic heterocycles. The average molecular weight is 251 g/mol. The lowest BCUT2D eigenvalue weighted by Crippen LogP contribution is -2.43. The highest BCUT2D eigenvalue weighted by atomic mass is 19.1. The van der Waals surface area contributed by atoms with Crippen LogP contribution in [0, 0.1) is 5.82 Å². The summed E-state index contributed by atoms with van der Waals surface area (Å²) in [6.07, 6.45) is 4.56. The van der Waals surface area contributed by atoms with Crippen LogP contribution in [0.15, 0.2) is 24.3 Å². The van der Waals surface area contributed by atoms with Gasteiger partial charge in [-0.1, -0.05) is 25.0 Å². The number of benzene rings is 1. The molecule has 0 bridgehead atoms. The third-order valence-electron chi connectivity index (χ3n) is 3.90. The Bertz CT molecular complexity index is 371. The molecule has 3 heteroatoms. The summed E-state index contributed by atoms with van der Waals surface area (Å²) in [7, 11) is 1.95. The predicted octanol–water partition coefficient (Wildman–Crippen LogP) is 3.44. The second-order valence-corrected chi connectivity index (χ2v) is 4.98. The lowest BCUT2D eigenvalue weighted by Gasteiger charge is -2.37. The van der Waals surface area contributed by atoms with Crippen molar-refractivity contribution in [2.75, 3.05) is 13.7 Å². The van der Waals surface area contributed by atoms with Crippen LogP contribution >= 0.6 is 0 Å². The fourth-order valence-electron chi connectivity index (χ4n) is 3.17. The Balaban J connectivity index is 2.27. The van der Waals surface area contributed by atoms with Crippen molar-refractivity contribution in [2.24, 2.45) is 0 Å². The molecule has 0 saturated heterocycles. The Labute approximate surface area is 109 Å². The third kappa shape index (κ3) is 2.57. The molecule has 1 N–H and O–H groups in total. The number of rotatable bonds is 5. The van der Waals surface area contributed by atoms with Crippen molar-refractivity contribution in [3.63, 3.8) is 0 Å². The Kier molecular flexibility index (Phi) is 4.36. The van der Waals surface area contributed by atoms with Crippen LogP contribution in [-0.2, 0) is 4.74 Å². The minimum absolute atomic E-state index is 0.124. The molecule has 1 fully saturated rings. The van der Waals surface area contributed by atoms with Crippen LogP contribution in [0.5, 0.6) is 0 Å². The topological polar surface area (TPSA) is 21.3 Å². The van der Waals surface area contributed by atoms with Crippen LogP contribution in [-0.4, -0.2) is 19.3 Å². The zero-order chi connectivity index (χ0) is 13.0. The van der Waals surface area contributed by atoms with E-state index in [-0.39, 0.29) is 17.5 Å². The quantitative estimate of drug-likeness (QED) is 0.865. The molecule has 1 atom stereocenters. The largest absolute Gasteiger partial charge is 0.373 e. The molecule has 0 amide bonds. The molecule has 1 saturated carbocycles.